The van der Waals surface area contributed by atoms with E-state index < -0.39 is 0 Å². The van der Waals surface area contributed by atoms with Gasteiger partial charge in [-0.15, -0.1) is 0 Å². The molecule has 29 heavy (non-hydrogen) atoms. The van der Waals surface area contributed by atoms with Crippen LogP contribution in [-0.4, -0.2) is 53.1 Å². The quantitative estimate of drug-likeness (QED) is 0.825. The Kier molecular flexibility index (Phi) is 5.01. The van der Waals surface area contributed by atoms with Gasteiger partial charge in [-0.2, -0.15) is 4.98 Å². The molecule has 152 valence electrons. The van der Waals surface area contributed by atoms with Crippen LogP contribution < -0.4 is 10.2 Å². The lowest BCUT2D eigenvalue weighted by atomic mass is 10.2. The summed E-state index contributed by atoms with van der Waals surface area (Å²) in [7, 11) is 0. The van der Waals surface area contributed by atoms with Crippen LogP contribution in [0.5, 0.6) is 0 Å². The molecule has 0 radical (unpaired) electrons. The molecular formula is C21H24ClN5O2. The Balaban J connectivity index is 1.52. The summed E-state index contributed by atoms with van der Waals surface area (Å²) < 4.78 is 5.46. The lowest BCUT2D eigenvalue weighted by Gasteiger charge is -2.27. The predicted molar refractivity (Wildman–Crippen MR) is 112 cm³/mol. The molecule has 5 rings (SSSR count). The number of benzene rings is 1. The second-order valence-corrected chi connectivity index (χ2v) is 8.24. The highest BCUT2D eigenvalue weighted by Crippen LogP contribution is 2.35. The average Bonchev–Trinajstić information content (AvgIpc) is 3.39. The van der Waals surface area contributed by atoms with E-state index in [2.05, 4.69) is 10.2 Å². The Morgan fingerprint density at radius 3 is 2.52 bits per heavy atom. The molecule has 3 aliphatic rings. The number of halogens is 1. The molecule has 0 spiro atoms. The summed E-state index contributed by atoms with van der Waals surface area (Å²) >= 11 is 6.02. The maximum atomic E-state index is 13.2. The van der Waals surface area contributed by atoms with Crippen molar-refractivity contribution >= 4 is 35.0 Å². The number of ether oxygens (including phenoxy) is 1. The van der Waals surface area contributed by atoms with Crippen molar-refractivity contribution in [3.63, 3.8) is 0 Å². The molecule has 1 aromatic heterocycles. The zero-order chi connectivity index (χ0) is 19.8. The van der Waals surface area contributed by atoms with Crippen LogP contribution in [0.3, 0.4) is 0 Å². The van der Waals surface area contributed by atoms with E-state index >= 15 is 0 Å². The van der Waals surface area contributed by atoms with Crippen molar-refractivity contribution in [1.29, 1.82) is 0 Å². The zero-order valence-corrected chi connectivity index (χ0v) is 17.0. The third-order valence-corrected chi connectivity index (χ3v) is 6.21. The first-order valence-corrected chi connectivity index (χ1v) is 10.6. The first-order chi connectivity index (χ1) is 14.2. The maximum Gasteiger partial charge on any atom is 0.273 e. The molecule has 2 aromatic rings. The number of carbonyl (C=O) groups is 1. The molecule has 1 amide bonds. The first-order valence-electron chi connectivity index (χ1n) is 10.3. The fourth-order valence-corrected chi connectivity index (χ4v) is 4.49. The molecule has 0 unspecified atom stereocenters. The van der Waals surface area contributed by atoms with Gasteiger partial charge in [0, 0.05) is 35.4 Å². The lowest BCUT2D eigenvalue weighted by molar-refractivity contribution is 0.0703. The minimum absolute atomic E-state index is 0.0305. The van der Waals surface area contributed by atoms with Gasteiger partial charge in [-0.1, -0.05) is 24.4 Å². The first kappa shape index (κ1) is 18.6. The largest absolute Gasteiger partial charge is 0.378 e. The zero-order valence-electron chi connectivity index (χ0n) is 16.2. The summed E-state index contributed by atoms with van der Waals surface area (Å²) in [5.41, 5.74) is 2.30. The number of hydrogen-bond donors (Lipinski definition) is 1. The van der Waals surface area contributed by atoms with Crippen LogP contribution in [0.4, 0.5) is 17.5 Å². The summed E-state index contributed by atoms with van der Waals surface area (Å²) in [6.07, 6.45) is 4.52. The number of aromatic nitrogens is 2. The van der Waals surface area contributed by atoms with Crippen molar-refractivity contribution in [2.45, 2.75) is 38.3 Å². The fourth-order valence-electron chi connectivity index (χ4n) is 4.37. The molecule has 7 nitrogen and oxygen atoms in total. The monoisotopic (exact) mass is 413 g/mol. The molecule has 1 aliphatic carbocycles. The molecule has 0 bridgehead atoms. The van der Waals surface area contributed by atoms with Crippen molar-refractivity contribution in [2.75, 3.05) is 36.5 Å². The van der Waals surface area contributed by atoms with E-state index in [0.717, 1.165) is 37.2 Å². The molecule has 8 heteroatoms. The number of anilines is 3. The number of nitrogens with zero attached hydrogens (tertiary/aromatic N) is 4. The summed E-state index contributed by atoms with van der Waals surface area (Å²) in [6, 6.07) is 7.81. The topological polar surface area (TPSA) is 70.6 Å². The Hall–Kier alpha value is -2.38. The minimum atomic E-state index is 0.0305. The van der Waals surface area contributed by atoms with E-state index in [1.807, 2.05) is 29.2 Å². The van der Waals surface area contributed by atoms with Crippen LogP contribution in [0.2, 0.25) is 5.02 Å². The molecule has 0 atom stereocenters. The van der Waals surface area contributed by atoms with Gasteiger partial charge in [-0.25, -0.2) is 4.98 Å². The summed E-state index contributed by atoms with van der Waals surface area (Å²) in [6.45, 7) is 3.29. The smallest absolute Gasteiger partial charge is 0.273 e. The van der Waals surface area contributed by atoms with Gasteiger partial charge < -0.3 is 19.9 Å². The van der Waals surface area contributed by atoms with Crippen molar-refractivity contribution in [2.24, 2.45) is 0 Å². The van der Waals surface area contributed by atoms with Crippen LogP contribution in [0.1, 0.15) is 41.7 Å². The van der Waals surface area contributed by atoms with Crippen molar-refractivity contribution in [1.82, 2.24) is 14.9 Å². The van der Waals surface area contributed by atoms with Gasteiger partial charge in [0.2, 0.25) is 5.95 Å². The highest BCUT2D eigenvalue weighted by atomic mass is 35.5. The Morgan fingerprint density at radius 1 is 1.07 bits per heavy atom. The molecule has 1 saturated heterocycles. The predicted octanol–water partition coefficient (Wildman–Crippen LogP) is 3.61. The minimum Gasteiger partial charge on any atom is -0.378 e. The molecule has 1 saturated carbocycles. The van der Waals surface area contributed by atoms with E-state index in [0.29, 0.717) is 48.3 Å². The van der Waals surface area contributed by atoms with Crippen molar-refractivity contribution in [3.05, 3.63) is 40.5 Å². The third-order valence-electron chi connectivity index (χ3n) is 5.95. The van der Waals surface area contributed by atoms with Gasteiger partial charge in [-0.05, 0) is 37.1 Å². The van der Waals surface area contributed by atoms with Crippen molar-refractivity contribution < 1.29 is 9.53 Å². The van der Waals surface area contributed by atoms with Crippen LogP contribution in [-0.2, 0) is 11.3 Å². The average molecular weight is 414 g/mol. The number of nitrogens with one attached hydrogen (secondary N) is 1. The van der Waals surface area contributed by atoms with Gasteiger partial charge in [0.15, 0.2) is 0 Å². The SMILES string of the molecule is O=C1c2nc(N3CCOCC3)nc(Nc3ccc(Cl)cc3)c2CN1C1CCCC1. The number of rotatable bonds is 4. The molecule has 1 aromatic carbocycles. The number of morpholine rings is 1. The van der Waals surface area contributed by atoms with E-state index in [9.17, 15) is 4.79 Å². The van der Waals surface area contributed by atoms with Gasteiger partial charge in [0.25, 0.3) is 5.91 Å². The molecule has 2 fully saturated rings. The molecule has 2 aliphatic heterocycles. The van der Waals surface area contributed by atoms with Gasteiger partial charge >= 0.3 is 0 Å². The second kappa shape index (κ2) is 7.80. The molecule has 3 heterocycles. The molecular weight excluding hydrogens is 390 g/mol. The Morgan fingerprint density at radius 2 is 1.79 bits per heavy atom. The Bertz CT molecular complexity index is 908. The van der Waals surface area contributed by atoms with Crippen LogP contribution in [0.25, 0.3) is 0 Å². The number of fused-ring (bicyclic) bond motifs is 1. The fraction of sp³-hybridized carbons (Fsp3) is 0.476. The number of carbonyl (C=O) groups excluding carboxylic acids is 1. The number of hydrogen-bond acceptors (Lipinski definition) is 6. The van der Waals surface area contributed by atoms with Gasteiger partial charge in [0.05, 0.1) is 19.8 Å². The van der Waals surface area contributed by atoms with E-state index in [-0.39, 0.29) is 5.91 Å². The van der Waals surface area contributed by atoms with Crippen molar-refractivity contribution in [3.8, 4) is 0 Å². The van der Waals surface area contributed by atoms with E-state index in [1.54, 1.807) is 0 Å². The maximum absolute atomic E-state index is 13.2. The standard InChI is InChI=1S/C21H24ClN5O2/c22-14-5-7-15(8-6-14)23-19-17-13-27(16-3-1-2-4-16)20(28)18(17)24-21(25-19)26-9-11-29-12-10-26/h5-8,16H,1-4,9-13H2,(H,23,24,25). The normalized spacial score (nSPS) is 19.7. The summed E-state index contributed by atoms with van der Waals surface area (Å²) in [4.78, 5) is 26.8. The highest BCUT2D eigenvalue weighted by molar-refractivity contribution is 6.30. The summed E-state index contributed by atoms with van der Waals surface area (Å²) in [5, 5.41) is 4.08. The van der Waals surface area contributed by atoms with Crippen LogP contribution in [0.15, 0.2) is 24.3 Å². The second-order valence-electron chi connectivity index (χ2n) is 7.80. The Labute approximate surface area is 175 Å². The van der Waals surface area contributed by atoms with Gasteiger partial charge in [0.1, 0.15) is 11.5 Å². The third kappa shape index (κ3) is 3.65. The van der Waals surface area contributed by atoms with E-state index in [1.165, 1.54) is 12.8 Å². The molecule has 1 N–H and O–H groups in total. The van der Waals surface area contributed by atoms with Crippen LogP contribution >= 0.6 is 11.6 Å². The number of amides is 1. The van der Waals surface area contributed by atoms with Crippen LogP contribution in [0, 0.1) is 0 Å². The summed E-state index contributed by atoms with van der Waals surface area (Å²) in [5.74, 6) is 1.32. The van der Waals surface area contributed by atoms with Gasteiger partial charge in [-0.3, -0.25) is 4.79 Å². The van der Waals surface area contributed by atoms with E-state index in [4.69, 9.17) is 26.3 Å². The lowest BCUT2D eigenvalue weighted by Crippen LogP contribution is -2.38. The highest BCUT2D eigenvalue weighted by Gasteiger charge is 2.38.